The van der Waals surface area contributed by atoms with Crippen LogP contribution in [-0.2, 0) is 0 Å². The molecule has 6 heteroatoms. The molecule has 0 fully saturated rings. The standard InChI is InChI=1S/C26H15FN4O/c27-21-12-10-18(11-13-21)22-14-24-29-23(19-8-6-17(16-28)7-9-19)15-25(32)31(24)30-26(22)20-4-2-1-3-5-20/h1-15H. The first-order valence-electron chi connectivity index (χ1n) is 9.89. The third-order valence-corrected chi connectivity index (χ3v) is 5.16. The molecule has 0 radical (unpaired) electrons. The zero-order valence-corrected chi connectivity index (χ0v) is 16.7. The molecule has 3 aromatic carbocycles. The first-order valence-corrected chi connectivity index (χ1v) is 9.89. The number of nitrogens with zero attached hydrogens (tertiary/aromatic N) is 4. The van der Waals surface area contributed by atoms with Crippen LogP contribution < -0.4 is 5.56 Å². The number of hydrogen-bond acceptors (Lipinski definition) is 4. The molecule has 0 aliphatic rings. The van der Waals surface area contributed by atoms with Gasteiger partial charge in [-0.25, -0.2) is 9.37 Å². The predicted octanol–water partition coefficient (Wildman–Crippen LogP) is 5.10. The maximum absolute atomic E-state index is 13.5. The minimum atomic E-state index is -0.332. The van der Waals surface area contributed by atoms with Crippen molar-refractivity contribution in [3.8, 4) is 39.7 Å². The minimum Gasteiger partial charge on any atom is -0.267 e. The Morgan fingerprint density at radius 1 is 0.812 bits per heavy atom. The zero-order chi connectivity index (χ0) is 22.1. The fourth-order valence-corrected chi connectivity index (χ4v) is 3.56. The summed E-state index contributed by atoms with van der Waals surface area (Å²) in [7, 11) is 0. The fourth-order valence-electron chi connectivity index (χ4n) is 3.56. The monoisotopic (exact) mass is 418 g/mol. The molecule has 32 heavy (non-hydrogen) atoms. The predicted molar refractivity (Wildman–Crippen MR) is 120 cm³/mol. The van der Waals surface area contributed by atoms with Crippen LogP contribution >= 0.6 is 0 Å². The van der Waals surface area contributed by atoms with Crippen LogP contribution in [0.25, 0.3) is 39.3 Å². The molecular weight excluding hydrogens is 403 g/mol. The molecule has 2 aromatic heterocycles. The van der Waals surface area contributed by atoms with Crippen molar-refractivity contribution in [1.29, 1.82) is 5.26 Å². The van der Waals surface area contributed by atoms with E-state index in [4.69, 9.17) is 5.26 Å². The van der Waals surface area contributed by atoms with Gasteiger partial charge in [-0.2, -0.15) is 14.9 Å². The minimum absolute atomic E-state index is 0.322. The highest BCUT2D eigenvalue weighted by molar-refractivity contribution is 5.82. The van der Waals surface area contributed by atoms with Crippen molar-refractivity contribution in [3.63, 3.8) is 0 Å². The van der Waals surface area contributed by atoms with E-state index in [-0.39, 0.29) is 11.4 Å². The van der Waals surface area contributed by atoms with E-state index in [2.05, 4.69) is 16.2 Å². The smallest absolute Gasteiger partial charge is 0.267 e. The van der Waals surface area contributed by atoms with Crippen LogP contribution in [0.1, 0.15) is 5.56 Å². The Morgan fingerprint density at radius 3 is 2.19 bits per heavy atom. The molecule has 2 heterocycles. The van der Waals surface area contributed by atoms with Crippen LogP contribution in [0.5, 0.6) is 0 Å². The highest BCUT2D eigenvalue weighted by atomic mass is 19.1. The van der Waals surface area contributed by atoms with Gasteiger partial charge in [-0.3, -0.25) is 4.79 Å². The van der Waals surface area contributed by atoms with Gasteiger partial charge >= 0.3 is 0 Å². The molecule has 0 atom stereocenters. The summed E-state index contributed by atoms with van der Waals surface area (Å²) in [5.41, 5.74) is 4.71. The Labute approximate surface area is 182 Å². The topological polar surface area (TPSA) is 71.0 Å². The number of benzene rings is 3. The second kappa shape index (κ2) is 7.89. The molecular formula is C26H15FN4O. The van der Waals surface area contributed by atoms with Crippen molar-refractivity contribution in [1.82, 2.24) is 14.6 Å². The van der Waals surface area contributed by atoms with Crippen LogP contribution in [-0.4, -0.2) is 14.6 Å². The van der Waals surface area contributed by atoms with Gasteiger partial charge in [0.1, 0.15) is 5.82 Å². The first-order chi connectivity index (χ1) is 15.6. The second-order valence-electron chi connectivity index (χ2n) is 7.22. The largest absolute Gasteiger partial charge is 0.275 e. The quantitative estimate of drug-likeness (QED) is 0.409. The van der Waals surface area contributed by atoms with Crippen molar-refractivity contribution in [2.75, 3.05) is 0 Å². The Morgan fingerprint density at radius 2 is 1.50 bits per heavy atom. The summed E-state index contributed by atoms with van der Waals surface area (Å²) in [6.07, 6.45) is 0. The number of hydrogen-bond donors (Lipinski definition) is 0. The number of nitriles is 1. The van der Waals surface area contributed by atoms with Crippen molar-refractivity contribution in [2.45, 2.75) is 0 Å². The Kier molecular flexibility index (Phi) is 4.77. The van der Waals surface area contributed by atoms with E-state index in [0.717, 1.165) is 22.3 Å². The van der Waals surface area contributed by atoms with Crippen LogP contribution in [0.2, 0.25) is 0 Å². The van der Waals surface area contributed by atoms with Crippen LogP contribution in [0, 0.1) is 17.1 Å². The van der Waals surface area contributed by atoms with Crippen molar-refractivity contribution >= 4 is 5.65 Å². The molecule has 5 aromatic rings. The third kappa shape index (κ3) is 3.53. The summed E-state index contributed by atoms with van der Waals surface area (Å²) in [6.45, 7) is 0. The molecule has 0 saturated carbocycles. The van der Waals surface area contributed by atoms with Crippen LogP contribution in [0.4, 0.5) is 4.39 Å². The third-order valence-electron chi connectivity index (χ3n) is 5.16. The summed E-state index contributed by atoms with van der Waals surface area (Å²) >= 11 is 0. The average molecular weight is 418 g/mol. The van der Waals surface area contributed by atoms with Crippen LogP contribution in [0.15, 0.2) is 95.8 Å². The van der Waals surface area contributed by atoms with E-state index < -0.39 is 0 Å². The van der Waals surface area contributed by atoms with Gasteiger partial charge in [-0.05, 0) is 35.9 Å². The molecule has 0 aliphatic carbocycles. The van der Waals surface area contributed by atoms with E-state index in [0.29, 0.717) is 22.6 Å². The lowest BCUT2D eigenvalue weighted by atomic mass is 10.00. The maximum atomic E-state index is 13.5. The van der Waals surface area contributed by atoms with Crippen molar-refractivity contribution < 1.29 is 4.39 Å². The van der Waals surface area contributed by atoms with Gasteiger partial charge in [-0.15, -0.1) is 0 Å². The lowest BCUT2D eigenvalue weighted by Crippen LogP contribution is -2.18. The Hall–Kier alpha value is -4.63. The van der Waals surface area contributed by atoms with Gasteiger partial charge in [0, 0.05) is 22.8 Å². The van der Waals surface area contributed by atoms with Gasteiger partial charge in [-0.1, -0.05) is 54.6 Å². The summed E-state index contributed by atoms with van der Waals surface area (Å²) < 4.78 is 14.8. The summed E-state index contributed by atoms with van der Waals surface area (Å²) in [5, 5.41) is 13.6. The molecule has 0 unspecified atom stereocenters. The number of halogens is 1. The van der Waals surface area contributed by atoms with Crippen LogP contribution in [0.3, 0.4) is 0 Å². The van der Waals surface area contributed by atoms with Crippen molar-refractivity contribution in [3.05, 3.63) is 113 Å². The molecule has 5 nitrogen and oxygen atoms in total. The first kappa shape index (κ1) is 19.3. The molecule has 0 saturated heterocycles. The lowest BCUT2D eigenvalue weighted by molar-refractivity contribution is 0.628. The molecule has 152 valence electrons. The molecule has 0 N–H and O–H groups in total. The summed E-state index contributed by atoms with van der Waals surface area (Å²) in [6, 6.07) is 27.8. The summed E-state index contributed by atoms with van der Waals surface area (Å²) in [4.78, 5) is 17.6. The summed E-state index contributed by atoms with van der Waals surface area (Å²) in [5.74, 6) is -0.332. The Bertz CT molecular complexity index is 1530. The van der Waals surface area contributed by atoms with Gasteiger partial charge in [0.05, 0.1) is 23.0 Å². The van der Waals surface area contributed by atoms with Gasteiger partial charge in [0.25, 0.3) is 5.56 Å². The van der Waals surface area contributed by atoms with E-state index in [1.165, 1.54) is 22.7 Å². The zero-order valence-electron chi connectivity index (χ0n) is 16.7. The Balaban J connectivity index is 1.76. The second-order valence-corrected chi connectivity index (χ2v) is 7.22. The van der Waals surface area contributed by atoms with Crippen molar-refractivity contribution in [2.24, 2.45) is 0 Å². The molecule has 0 spiro atoms. The average Bonchev–Trinajstić information content (AvgIpc) is 2.84. The van der Waals surface area contributed by atoms with E-state index in [9.17, 15) is 9.18 Å². The highest BCUT2D eigenvalue weighted by Crippen LogP contribution is 2.31. The fraction of sp³-hybridized carbons (Fsp3) is 0. The molecule has 0 amide bonds. The van der Waals surface area contributed by atoms with Gasteiger partial charge in [0.15, 0.2) is 5.65 Å². The number of aromatic nitrogens is 3. The SMILES string of the molecule is N#Cc1ccc(-c2cc(=O)n3nc(-c4ccccc4)c(-c4ccc(F)cc4)cc3n2)cc1. The highest BCUT2D eigenvalue weighted by Gasteiger charge is 2.14. The maximum Gasteiger partial charge on any atom is 0.275 e. The number of fused-ring (bicyclic) bond motifs is 1. The molecule has 0 bridgehead atoms. The van der Waals surface area contributed by atoms with Gasteiger partial charge in [0.2, 0.25) is 0 Å². The number of rotatable bonds is 3. The van der Waals surface area contributed by atoms with E-state index in [1.807, 2.05) is 30.3 Å². The normalized spacial score (nSPS) is 10.8. The molecule has 5 rings (SSSR count). The lowest BCUT2D eigenvalue weighted by Gasteiger charge is -2.12. The van der Waals surface area contributed by atoms with E-state index >= 15 is 0 Å². The van der Waals surface area contributed by atoms with E-state index in [1.54, 1.807) is 42.5 Å². The molecule has 0 aliphatic heterocycles. The van der Waals surface area contributed by atoms with Gasteiger partial charge < -0.3 is 0 Å².